The third-order valence-electron chi connectivity index (χ3n) is 5.51. The highest BCUT2D eigenvalue weighted by molar-refractivity contribution is 5.02. The fraction of sp³-hybridized carbons (Fsp3) is 0.826. The minimum absolute atomic E-state index is 0.176. The first kappa shape index (κ1) is 25.6. The number of unbranched alkanes of at least 4 members (excludes halogenated alkanes) is 9. The second-order valence-corrected chi connectivity index (χ2v) is 8.34. The molecule has 0 aromatic carbocycles. The van der Waals surface area contributed by atoms with Crippen molar-refractivity contribution in [2.75, 3.05) is 13.1 Å². The van der Waals surface area contributed by atoms with E-state index >= 15 is 0 Å². The molecule has 0 bridgehead atoms. The number of aliphatic hydroxyl groups excluding tert-OH is 1. The maximum Gasteiger partial charge on any atom is 0.330 e. The normalized spacial score (nSPS) is 12.4. The van der Waals surface area contributed by atoms with E-state index in [-0.39, 0.29) is 17.4 Å². The van der Waals surface area contributed by atoms with E-state index in [1.807, 2.05) is 0 Å². The molecule has 0 spiro atoms. The van der Waals surface area contributed by atoms with Crippen LogP contribution in [-0.4, -0.2) is 33.4 Å². The fourth-order valence-corrected chi connectivity index (χ4v) is 3.67. The number of aryl methyl sites for hydroxylation is 2. The van der Waals surface area contributed by atoms with Crippen LogP contribution in [0.1, 0.15) is 89.5 Å². The Balaban J connectivity index is 2.02. The standard InChI is InChI=1S/C23H43N3O3/c1-4-5-6-7-10-13-16-24-18-21(27)15-12-9-8-11-14-17-26-22(28)20(2)19-25(3)23(26)29/h19,21,24,27H,4-18H2,1-3H3. The summed E-state index contributed by atoms with van der Waals surface area (Å²) in [6, 6.07) is 0. The summed E-state index contributed by atoms with van der Waals surface area (Å²) in [6.45, 7) is 6.15. The van der Waals surface area contributed by atoms with Gasteiger partial charge in [0.2, 0.25) is 0 Å². The van der Waals surface area contributed by atoms with Crippen molar-refractivity contribution in [2.45, 2.75) is 104 Å². The molecule has 1 unspecified atom stereocenters. The second kappa shape index (κ2) is 15.4. The number of aromatic nitrogens is 2. The van der Waals surface area contributed by atoms with Crippen LogP contribution in [0.15, 0.2) is 15.8 Å². The Morgan fingerprint density at radius 2 is 1.59 bits per heavy atom. The van der Waals surface area contributed by atoms with Crippen molar-refractivity contribution in [1.29, 1.82) is 0 Å². The summed E-state index contributed by atoms with van der Waals surface area (Å²) in [5.41, 5.74) is 0.188. The van der Waals surface area contributed by atoms with E-state index < -0.39 is 0 Å². The lowest BCUT2D eigenvalue weighted by Gasteiger charge is -2.12. The Morgan fingerprint density at radius 1 is 0.966 bits per heavy atom. The predicted molar refractivity (Wildman–Crippen MR) is 121 cm³/mol. The molecule has 0 fully saturated rings. The Bertz CT molecular complexity index is 632. The highest BCUT2D eigenvalue weighted by Gasteiger charge is 2.07. The highest BCUT2D eigenvalue weighted by atomic mass is 16.3. The van der Waals surface area contributed by atoms with Gasteiger partial charge in [-0.15, -0.1) is 0 Å². The average Bonchev–Trinajstić information content (AvgIpc) is 2.70. The lowest BCUT2D eigenvalue weighted by atomic mass is 10.1. The number of hydrogen-bond donors (Lipinski definition) is 2. The van der Waals surface area contributed by atoms with Crippen LogP contribution >= 0.6 is 0 Å². The van der Waals surface area contributed by atoms with Crippen LogP contribution < -0.4 is 16.6 Å². The first-order valence-corrected chi connectivity index (χ1v) is 11.6. The molecule has 6 heteroatoms. The first-order chi connectivity index (χ1) is 14.0. The van der Waals surface area contributed by atoms with Crippen LogP contribution in [0.4, 0.5) is 0 Å². The van der Waals surface area contributed by atoms with Gasteiger partial charge in [-0.1, -0.05) is 64.7 Å². The molecule has 6 nitrogen and oxygen atoms in total. The van der Waals surface area contributed by atoms with Crippen LogP contribution in [-0.2, 0) is 13.6 Å². The van der Waals surface area contributed by atoms with Gasteiger partial charge in [-0.05, 0) is 32.7 Å². The van der Waals surface area contributed by atoms with Crippen LogP contribution in [0.5, 0.6) is 0 Å². The zero-order valence-corrected chi connectivity index (χ0v) is 18.9. The van der Waals surface area contributed by atoms with E-state index in [4.69, 9.17) is 0 Å². The minimum atomic E-state index is -0.260. The summed E-state index contributed by atoms with van der Waals surface area (Å²) in [6.07, 6.45) is 14.9. The largest absolute Gasteiger partial charge is 0.392 e. The van der Waals surface area contributed by atoms with Crippen LogP contribution in [0, 0.1) is 6.92 Å². The van der Waals surface area contributed by atoms with Crippen LogP contribution in [0.2, 0.25) is 0 Å². The van der Waals surface area contributed by atoms with Crippen molar-refractivity contribution in [1.82, 2.24) is 14.5 Å². The van der Waals surface area contributed by atoms with Gasteiger partial charge in [0.05, 0.1) is 6.10 Å². The molecular weight excluding hydrogens is 366 g/mol. The molecule has 0 radical (unpaired) electrons. The number of aliphatic hydroxyl groups is 1. The van der Waals surface area contributed by atoms with Crippen LogP contribution in [0.3, 0.4) is 0 Å². The summed E-state index contributed by atoms with van der Waals surface area (Å²) in [5.74, 6) is 0. The van der Waals surface area contributed by atoms with E-state index in [0.717, 1.165) is 45.1 Å². The van der Waals surface area contributed by atoms with Crippen LogP contribution in [0.25, 0.3) is 0 Å². The Labute approximate surface area is 176 Å². The van der Waals surface area contributed by atoms with Crippen molar-refractivity contribution in [3.63, 3.8) is 0 Å². The maximum atomic E-state index is 12.1. The molecule has 1 heterocycles. The lowest BCUT2D eigenvalue weighted by molar-refractivity contribution is 0.158. The van der Waals surface area contributed by atoms with Gasteiger partial charge in [0.15, 0.2) is 0 Å². The van der Waals surface area contributed by atoms with Gasteiger partial charge in [0.25, 0.3) is 5.56 Å². The SMILES string of the molecule is CCCCCCCCNCC(O)CCCCCCCn1c(=O)c(C)cn(C)c1=O. The van der Waals surface area contributed by atoms with Gasteiger partial charge < -0.3 is 15.0 Å². The molecule has 0 saturated heterocycles. The summed E-state index contributed by atoms with van der Waals surface area (Å²) in [4.78, 5) is 24.1. The summed E-state index contributed by atoms with van der Waals surface area (Å²) in [7, 11) is 1.68. The van der Waals surface area contributed by atoms with E-state index in [9.17, 15) is 14.7 Å². The molecule has 29 heavy (non-hydrogen) atoms. The van der Waals surface area contributed by atoms with Crippen molar-refractivity contribution < 1.29 is 5.11 Å². The lowest BCUT2D eigenvalue weighted by Crippen LogP contribution is -2.39. The molecule has 1 rings (SSSR count). The van der Waals surface area contributed by atoms with Gasteiger partial charge in [-0.3, -0.25) is 9.36 Å². The molecule has 0 amide bonds. The van der Waals surface area contributed by atoms with Crippen molar-refractivity contribution in [3.8, 4) is 0 Å². The first-order valence-electron chi connectivity index (χ1n) is 11.6. The maximum absolute atomic E-state index is 12.1. The molecule has 2 N–H and O–H groups in total. The molecule has 168 valence electrons. The smallest absolute Gasteiger partial charge is 0.330 e. The van der Waals surface area contributed by atoms with Gasteiger partial charge in [0, 0.05) is 31.9 Å². The van der Waals surface area contributed by atoms with Crippen molar-refractivity contribution >= 4 is 0 Å². The van der Waals surface area contributed by atoms with E-state index in [1.165, 1.54) is 47.7 Å². The van der Waals surface area contributed by atoms with Crippen molar-refractivity contribution in [2.24, 2.45) is 7.05 Å². The third-order valence-corrected chi connectivity index (χ3v) is 5.51. The zero-order chi connectivity index (χ0) is 21.5. The van der Waals surface area contributed by atoms with Crippen molar-refractivity contribution in [3.05, 3.63) is 32.6 Å². The number of nitrogens with zero attached hydrogens (tertiary/aromatic N) is 2. The topological polar surface area (TPSA) is 76.3 Å². The molecule has 1 atom stereocenters. The van der Waals surface area contributed by atoms with Gasteiger partial charge in [-0.25, -0.2) is 4.79 Å². The summed E-state index contributed by atoms with van der Waals surface area (Å²) in [5, 5.41) is 13.4. The van der Waals surface area contributed by atoms with Gasteiger partial charge >= 0.3 is 5.69 Å². The number of nitrogens with one attached hydrogen (secondary N) is 1. The second-order valence-electron chi connectivity index (χ2n) is 8.34. The molecule has 0 aliphatic carbocycles. The Hall–Kier alpha value is -1.40. The predicted octanol–water partition coefficient (Wildman–Crippen LogP) is 3.51. The third kappa shape index (κ3) is 10.8. The molecule has 1 aromatic heterocycles. The quantitative estimate of drug-likeness (QED) is 0.386. The fourth-order valence-electron chi connectivity index (χ4n) is 3.67. The number of hydrogen-bond acceptors (Lipinski definition) is 4. The molecular formula is C23H43N3O3. The molecule has 1 aromatic rings. The molecule has 0 saturated carbocycles. The Morgan fingerprint density at radius 3 is 2.31 bits per heavy atom. The monoisotopic (exact) mass is 409 g/mol. The van der Waals surface area contributed by atoms with Gasteiger partial charge in [-0.2, -0.15) is 0 Å². The molecule has 0 aliphatic heterocycles. The summed E-state index contributed by atoms with van der Waals surface area (Å²) >= 11 is 0. The minimum Gasteiger partial charge on any atom is -0.392 e. The molecule has 0 aliphatic rings. The van der Waals surface area contributed by atoms with E-state index in [0.29, 0.717) is 18.7 Å². The highest BCUT2D eigenvalue weighted by Crippen LogP contribution is 2.08. The number of rotatable bonds is 17. The summed E-state index contributed by atoms with van der Waals surface area (Å²) < 4.78 is 2.81. The zero-order valence-electron chi connectivity index (χ0n) is 18.9. The van der Waals surface area contributed by atoms with E-state index in [1.54, 1.807) is 20.2 Å². The van der Waals surface area contributed by atoms with Gasteiger partial charge in [0.1, 0.15) is 0 Å². The van der Waals surface area contributed by atoms with E-state index in [2.05, 4.69) is 12.2 Å². The Kier molecular flexibility index (Phi) is 13.7. The average molecular weight is 410 g/mol.